The molecule has 3 rings (SSSR count). The summed E-state index contributed by atoms with van der Waals surface area (Å²) in [5.41, 5.74) is 3.13. The molecule has 27 heavy (non-hydrogen) atoms. The number of ether oxygens (including phenoxy) is 2. The molecule has 0 fully saturated rings. The third kappa shape index (κ3) is 3.36. The van der Waals surface area contributed by atoms with Crippen molar-refractivity contribution in [2.24, 2.45) is 0 Å². The molecule has 7 heteroatoms. The van der Waals surface area contributed by atoms with Gasteiger partial charge in [-0.2, -0.15) is 0 Å². The molecule has 1 aromatic carbocycles. The van der Waals surface area contributed by atoms with E-state index < -0.39 is 5.97 Å². The van der Waals surface area contributed by atoms with Crippen molar-refractivity contribution in [2.75, 3.05) is 19.0 Å². The van der Waals surface area contributed by atoms with Crippen LogP contribution in [-0.4, -0.2) is 35.6 Å². The number of amides is 1. The first-order valence-electron chi connectivity index (χ1n) is 8.57. The monoisotopic (exact) mass is 367 g/mol. The molecule has 0 aliphatic heterocycles. The van der Waals surface area contributed by atoms with Crippen molar-refractivity contribution in [1.82, 2.24) is 9.97 Å². The maximum absolute atomic E-state index is 12.8. The fourth-order valence-corrected chi connectivity index (χ4v) is 3.09. The SMILES string of the molecule is CCOC(=O)c1c(C)[nH]c(C(=O)Nc2ccc(OC)c3ncccc23)c1C. The van der Waals surface area contributed by atoms with E-state index in [1.54, 1.807) is 52.3 Å². The second kappa shape index (κ2) is 7.49. The van der Waals surface area contributed by atoms with Crippen LogP contribution in [0.2, 0.25) is 0 Å². The van der Waals surface area contributed by atoms with Gasteiger partial charge in [0.15, 0.2) is 0 Å². The minimum Gasteiger partial charge on any atom is -0.494 e. The average Bonchev–Trinajstić information content (AvgIpc) is 2.96. The van der Waals surface area contributed by atoms with Crippen molar-refractivity contribution >= 4 is 28.5 Å². The maximum atomic E-state index is 12.8. The van der Waals surface area contributed by atoms with E-state index in [9.17, 15) is 9.59 Å². The average molecular weight is 367 g/mol. The number of benzene rings is 1. The van der Waals surface area contributed by atoms with Gasteiger partial charge < -0.3 is 19.8 Å². The van der Waals surface area contributed by atoms with Crippen LogP contribution in [0.4, 0.5) is 5.69 Å². The minimum atomic E-state index is -0.443. The van der Waals surface area contributed by atoms with Crippen molar-refractivity contribution in [1.29, 1.82) is 0 Å². The lowest BCUT2D eigenvalue weighted by Crippen LogP contribution is -2.14. The first kappa shape index (κ1) is 18.4. The number of methoxy groups -OCH3 is 1. The zero-order chi connectivity index (χ0) is 19.6. The number of aromatic amines is 1. The van der Waals surface area contributed by atoms with E-state index in [2.05, 4.69) is 15.3 Å². The van der Waals surface area contributed by atoms with Gasteiger partial charge in [0.1, 0.15) is 17.0 Å². The summed E-state index contributed by atoms with van der Waals surface area (Å²) in [5.74, 6) is -0.163. The zero-order valence-electron chi connectivity index (χ0n) is 15.7. The van der Waals surface area contributed by atoms with Crippen LogP contribution in [0.25, 0.3) is 10.9 Å². The highest BCUT2D eigenvalue weighted by atomic mass is 16.5. The Morgan fingerprint density at radius 3 is 2.70 bits per heavy atom. The van der Waals surface area contributed by atoms with E-state index in [1.165, 1.54) is 0 Å². The van der Waals surface area contributed by atoms with Gasteiger partial charge in [0.05, 0.1) is 25.0 Å². The number of esters is 1. The molecule has 7 nitrogen and oxygen atoms in total. The van der Waals surface area contributed by atoms with E-state index in [4.69, 9.17) is 9.47 Å². The minimum absolute atomic E-state index is 0.273. The number of hydrogen-bond acceptors (Lipinski definition) is 5. The van der Waals surface area contributed by atoms with E-state index >= 15 is 0 Å². The van der Waals surface area contributed by atoms with Crippen molar-refractivity contribution in [2.45, 2.75) is 20.8 Å². The summed E-state index contributed by atoms with van der Waals surface area (Å²) in [6.07, 6.45) is 1.67. The summed E-state index contributed by atoms with van der Waals surface area (Å²) in [6, 6.07) is 7.16. The highest BCUT2D eigenvalue weighted by molar-refractivity contribution is 6.10. The summed E-state index contributed by atoms with van der Waals surface area (Å²) < 4.78 is 10.4. The first-order chi connectivity index (χ1) is 13.0. The zero-order valence-corrected chi connectivity index (χ0v) is 15.7. The van der Waals surface area contributed by atoms with Gasteiger partial charge in [0.25, 0.3) is 5.91 Å². The predicted molar refractivity (Wildman–Crippen MR) is 102 cm³/mol. The number of pyridine rings is 1. The Labute approximate surface area is 156 Å². The van der Waals surface area contributed by atoms with E-state index in [1.807, 2.05) is 6.07 Å². The number of fused-ring (bicyclic) bond motifs is 1. The second-order valence-electron chi connectivity index (χ2n) is 6.01. The molecule has 0 radical (unpaired) electrons. The van der Waals surface area contributed by atoms with Crippen LogP contribution in [0.5, 0.6) is 5.75 Å². The van der Waals surface area contributed by atoms with Gasteiger partial charge in [-0.15, -0.1) is 0 Å². The van der Waals surface area contributed by atoms with Gasteiger partial charge in [-0.1, -0.05) is 0 Å². The fourth-order valence-electron chi connectivity index (χ4n) is 3.09. The molecule has 0 unspecified atom stereocenters. The second-order valence-corrected chi connectivity index (χ2v) is 6.01. The summed E-state index contributed by atoms with van der Waals surface area (Å²) in [6.45, 7) is 5.47. The van der Waals surface area contributed by atoms with E-state index in [0.29, 0.717) is 39.5 Å². The summed E-state index contributed by atoms with van der Waals surface area (Å²) in [4.78, 5) is 32.3. The molecule has 2 heterocycles. The standard InChI is InChI=1S/C20H21N3O4/c1-5-27-20(25)16-11(2)17(22-12(16)3)19(24)23-14-8-9-15(26-4)18-13(14)7-6-10-21-18/h6-10,22H,5H2,1-4H3,(H,23,24). The highest BCUT2D eigenvalue weighted by Gasteiger charge is 2.23. The van der Waals surface area contributed by atoms with Gasteiger partial charge in [-0.25, -0.2) is 4.79 Å². The Kier molecular flexibility index (Phi) is 5.12. The van der Waals surface area contributed by atoms with Crippen LogP contribution in [0.1, 0.15) is 39.0 Å². The molecule has 0 aliphatic rings. The maximum Gasteiger partial charge on any atom is 0.340 e. The van der Waals surface area contributed by atoms with E-state index in [0.717, 1.165) is 5.39 Å². The Hall–Kier alpha value is -3.35. The van der Waals surface area contributed by atoms with Crippen molar-refractivity contribution in [3.63, 3.8) is 0 Å². The fraction of sp³-hybridized carbons (Fsp3) is 0.250. The van der Waals surface area contributed by atoms with Crippen LogP contribution in [0, 0.1) is 13.8 Å². The molecule has 2 aromatic heterocycles. The van der Waals surface area contributed by atoms with Crippen LogP contribution in [0.15, 0.2) is 30.5 Å². The number of carbonyl (C=O) groups excluding carboxylic acids is 2. The number of rotatable bonds is 5. The van der Waals surface area contributed by atoms with Crippen LogP contribution in [-0.2, 0) is 4.74 Å². The molecule has 0 spiro atoms. The van der Waals surface area contributed by atoms with Gasteiger partial charge in [-0.3, -0.25) is 9.78 Å². The number of nitrogens with one attached hydrogen (secondary N) is 2. The quantitative estimate of drug-likeness (QED) is 0.672. The van der Waals surface area contributed by atoms with E-state index in [-0.39, 0.29) is 12.5 Å². The third-order valence-corrected chi connectivity index (χ3v) is 4.34. The molecule has 0 bridgehead atoms. The lowest BCUT2D eigenvalue weighted by molar-refractivity contribution is 0.0525. The van der Waals surface area contributed by atoms with Gasteiger partial charge >= 0.3 is 5.97 Å². The van der Waals surface area contributed by atoms with Crippen molar-refractivity contribution < 1.29 is 19.1 Å². The smallest absolute Gasteiger partial charge is 0.340 e. The molecular formula is C20H21N3O4. The Balaban J connectivity index is 1.97. The molecule has 2 N–H and O–H groups in total. The van der Waals surface area contributed by atoms with Crippen LogP contribution < -0.4 is 10.1 Å². The summed E-state index contributed by atoms with van der Waals surface area (Å²) >= 11 is 0. The number of aryl methyl sites for hydroxylation is 1. The lowest BCUT2D eigenvalue weighted by atomic mass is 10.1. The Morgan fingerprint density at radius 1 is 1.22 bits per heavy atom. The molecule has 0 saturated heterocycles. The number of carbonyl (C=O) groups is 2. The largest absolute Gasteiger partial charge is 0.494 e. The topological polar surface area (TPSA) is 93.3 Å². The number of hydrogen-bond donors (Lipinski definition) is 2. The van der Waals surface area contributed by atoms with Crippen LogP contribution in [0.3, 0.4) is 0 Å². The van der Waals surface area contributed by atoms with Gasteiger partial charge in [0, 0.05) is 17.3 Å². The summed E-state index contributed by atoms with van der Waals surface area (Å²) in [7, 11) is 1.57. The first-order valence-corrected chi connectivity index (χ1v) is 8.57. The third-order valence-electron chi connectivity index (χ3n) is 4.34. The number of H-pyrrole nitrogens is 1. The molecule has 3 aromatic rings. The molecular weight excluding hydrogens is 346 g/mol. The van der Waals surface area contributed by atoms with Crippen molar-refractivity contribution in [3.05, 3.63) is 53.0 Å². The summed E-state index contributed by atoms with van der Waals surface area (Å²) in [5, 5.41) is 3.65. The van der Waals surface area contributed by atoms with Gasteiger partial charge in [0.2, 0.25) is 0 Å². The molecule has 0 aliphatic carbocycles. The predicted octanol–water partition coefficient (Wildman–Crippen LogP) is 3.62. The lowest BCUT2D eigenvalue weighted by Gasteiger charge is -2.11. The number of nitrogens with zero attached hydrogens (tertiary/aromatic N) is 1. The van der Waals surface area contributed by atoms with Gasteiger partial charge in [-0.05, 0) is 50.6 Å². The Morgan fingerprint density at radius 2 is 2.00 bits per heavy atom. The van der Waals surface area contributed by atoms with Crippen LogP contribution >= 0.6 is 0 Å². The molecule has 0 saturated carbocycles. The number of aromatic nitrogens is 2. The molecule has 140 valence electrons. The van der Waals surface area contributed by atoms with Crippen molar-refractivity contribution in [3.8, 4) is 5.75 Å². The Bertz CT molecular complexity index is 1020. The molecule has 1 amide bonds. The highest BCUT2D eigenvalue weighted by Crippen LogP contribution is 2.30. The molecule has 0 atom stereocenters. The normalized spacial score (nSPS) is 10.7. The number of anilines is 1.